The van der Waals surface area contributed by atoms with Gasteiger partial charge in [0.25, 0.3) is 0 Å². The summed E-state index contributed by atoms with van der Waals surface area (Å²) in [6.45, 7) is 15.6. The Labute approximate surface area is 231 Å². The van der Waals surface area contributed by atoms with Crippen molar-refractivity contribution in [2.24, 2.45) is 35.5 Å². The van der Waals surface area contributed by atoms with Crippen LogP contribution in [0.3, 0.4) is 0 Å². The van der Waals surface area contributed by atoms with Gasteiger partial charge in [0.2, 0.25) is 0 Å². The number of hydrogen-bond donors (Lipinski definition) is 4. The number of carbonyl (C=O) groups is 1. The lowest BCUT2D eigenvalue weighted by Gasteiger charge is -2.32. The third-order valence-corrected chi connectivity index (χ3v) is 7.99. The van der Waals surface area contributed by atoms with Crippen molar-refractivity contribution in [3.8, 4) is 0 Å². The van der Waals surface area contributed by atoms with Crippen molar-refractivity contribution in [2.45, 2.75) is 111 Å². The minimum absolute atomic E-state index is 0.0442. The number of carbonyl (C=O) groups excluding carboxylic acids is 1. The summed E-state index contributed by atoms with van der Waals surface area (Å²) in [7, 11) is 0. The smallest absolute Gasteiger partial charge is 0.306 e. The maximum Gasteiger partial charge on any atom is 0.306 e. The first-order valence-corrected chi connectivity index (χ1v) is 14.4. The third kappa shape index (κ3) is 12.4. The van der Waals surface area contributed by atoms with Gasteiger partial charge in [-0.15, -0.1) is 0 Å². The molecule has 38 heavy (non-hydrogen) atoms. The van der Waals surface area contributed by atoms with Gasteiger partial charge < -0.3 is 25.2 Å². The molecule has 0 aromatic carbocycles. The van der Waals surface area contributed by atoms with Gasteiger partial charge in [-0.1, -0.05) is 90.7 Å². The number of cyclic esters (lactones) is 1. The molecule has 0 aromatic rings. The van der Waals surface area contributed by atoms with E-state index in [1.807, 2.05) is 65.0 Å². The maximum atomic E-state index is 12.7. The SMILES string of the molecule is C=C/C=C\[C@H](C)[C@@H]1OC(=O)CC/C=C/[C@@H](C)[C@@H](O)C[C@H](O)/C=C\[C@H](C)[C@H](O)[C@@H](C)C[C@@H](C)CC[C@@H](O)[C@@H]1C. The average Bonchev–Trinajstić information content (AvgIpc) is 2.88. The molecule has 4 N–H and O–H groups in total. The van der Waals surface area contributed by atoms with Gasteiger partial charge in [-0.3, -0.25) is 4.79 Å². The van der Waals surface area contributed by atoms with E-state index in [2.05, 4.69) is 13.5 Å². The predicted octanol–water partition coefficient (Wildman–Crippen LogP) is 5.37. The van der Waals surface area contributed by atoms with Gasteiger partial charge in [-0.25, -0.2) is 0 Å². The fraction of sp³-hybridized carbons (Fsp3) is 0.719. The van der Waals surface area contributed by atoms with Crippen molar-refractivity contribution in [2.75, 3.05) is 0 Å². The highest BCUT2D eigenvalue weighted by Gasteiger charge is 2.31. The van der Waals surface area contributed by atoms with E-state index in [9.17, 15) is 25.2 Å². The summed E-state index contributed by atoms with van der Waals surface area (Å²) in [5, 5.41) is 42.8. The topological polar surface area (TPSA) is 107 Å². The normalized spacial score (nSPS) is 40.3. The van der Waals surface area contributed by atoms with Gasteiger partial charge in [-0.05, 0) is 37.5 Å². The van der Waals surface area contributed by atoms with E-state index in [4.69, 9.17) is 4.74 Å². The van der Waals surface area contributed by atoms with E-state index in [1.165, 1.54) is 0 Å². The second kappa shape index (κ2) is 17.8. The van der Waals surface area contributed by atoms with E-state index in [0.717, 1.165) is 12.8 Å². The second-order valence-electron chi connectivity index (χ2n) is 11.7. The van der Waals surface area contributed by atoms with Crippen LogP contribution in [0.1, 0.15) is 80.1 Å². The Bertz CT molecular complexity index is 774. The highest BCUT2D eigenvalue weighted by atomic mass is 16.5. The number of ether oxygens (including phenoxy) is 1. The lowest BCUT2D eigenvalue weighted by atomic mass is 9.82. The van der Waals surface area contributed by atoms with E-state index in [0.29, 0.717) is 18.8 Å². The van der Waals surface area contributed by atoms with Crippen LogP contribution in [0.4, 0.5) is 0 Å². The molecule has 218 valence electrons. The van der Waals surface area contributed by atoms with Crippen LogP contribution >= 0.6 is 0 Å². The fourth-order valence-electron chi connectivity index (χ4n) is 5.21. The summed E-state index contributed by atoms with van der Waals surface area (Å²) in [6.07, 6.45) is 12.5. The highest BCUT2D eigenvalue weighted by molar-refractivity contribution is 5.69. The molecular weight excluding hydrogens is 480 g/mol. The molecule has 0 amide bonds. The Kier molecular flexibility index (Phi) is 16.0. The number of esters is 1. The van der Waals surface area contributed by atoms with Crippen molar-refractivity contribution in [1.29, 1.82) is 0 Å². The van der Waals surface area contributed by atoms with Crippen LogP contribution in [-0.4, -0.2) is 56.9 Å². The summed E-state index contributed by atoms with van der Waals surface area (Å²) >= 11 is 0. The molecule has 0 spiro atoms. The van der Waals surface area contributed by atoms with Gasteiger partial charge in [0.1, 0.15) is 6.10 Å². The molecule has 1 aliphatic heterocycles. The molecular formula is C32H54O6. The van der Waals surface area contributed by atoms with Crippen molar-refractivity contribution < 1.29 is 30.0 Å². The fourth-order valence-corrected chi connectivity index (χ4v) is 5.21. The first-order chi connectivity index (χ1) is 17.9. The van der Waals surface area contributed by atoms with Crippen LogP contribution in [0.2, 0.25) is 0 Å². The average molecular weight is 535 g/mol. The Morgan fingerprint density at radius 1 is 0.947 bits per heavy atom. The first-order valence-electron chi connectivity index (χ1n) is 14.4. The van der Waals surface area contributed by atoms with Crippen molar-refractivity contribution in [1.82, 2.24) is 0 Å². The number of allylic oxidation sites excluding steroid dienone is 3. The van der Waals surface area contributed by atoms with Crippen molar-refractivity contribution >= 4 is 5.97 Å². The van der Waals surface area contributed by atoms with Gasteiger partial charge in [0, 0.05) is 36.5 Å². The predicted molar refractivity (Wildman–Crippen MR) is 154 cm³/mol. The maximum absolute atomic E-state index is 12.7. The van der Waals surface area contributed by atoms with Crippen LogP contribution in [0.5, 0.6) is 0 Å². The van der Waals surface area contributed by atoms with Crippen LogP contribution in [0, 0.1) is 35.5 Å². The zero-order valence-electron chi connectivity index (χ0n) is 24.4. The minimum atomic E-state index is -0.810. The molecule has 0 aromatic heterocycles. The standard InChI is InChI=1S/C32H54O6/c1-8-9-12-24(5)32-26(7)28(34)18-15-21(2)19-25(6)31(37)23(4)16-17-27(33)20-29(35)22(3)13-10-11-14-30(36)38-32/h8-10,12-13,16-17,21-29,31-35,37H,1,11,14-15,18-20H2,2-7H3/b12-9-,13-10+,17-16-/t21-,22+,23-,24-,25-,26-,27+,28+,29-,31-,32-/m0/s1. The van der Waals surface area contributed by atoms with Crippen LogP contribution in [0.15, 0.2) is 49.1 Å². The summed E-state index contributed by atoms with van der Waals surface area (Å²) in [6, 6.07) is 0. The number of aliphatic hydroxyl groups is 4. The van der Waals surface area contributed by atoms with Crippen molar-refractivity contribution in [3.05, 3.63) is 49.1 Å². The Morgan fingerprint density at radius 2 is 1.63 bits per heavy atom. The minimum Gasteiger partial charge on any atom is -0.461 e. The first kappa shape index (κ1) is 34.3. The third-order valence-electron chi connectivity index (χ3n) is 7.99. The lowest BCUT2D eigenvalue weighted by molar-refractivity contribution is -0.156. The van der Waals surface area contributed by atoms with Gasteiger partial charge in [0.05, 0.1) is 24.4 Å². The Balaban J connectivity index is 3.10. The van der Waals surface area contributed by atoms with Crippen molar-refractivity contribution in [3.63, 3.8) is 0 Å². The van der Waals surface area contributed by atoms with Gasteiger partial charge in [-0.2, -0.15) is 0 Å². The van der Waals surface area contributed by atoms with E-state index < -0.39 is 30.5 Å². The van der Waals surface area contributed by atoms with E-state index in [-0.39, 0.29) is 48.4 Å². The zero-order valence-corrected chi connectivity index (χ0v) is 24.4. The number of aliphatic hydroxyl groups excluding tert-OH is 4. The molecule has 1 rings (SSSR count). The monoisotopic (exact) mass is 534 g/mol. The molecule has 0 unspecified atom stereocenters. The Hall–Kier alpha value is -1.73. The summed E-state index contributed by atoms with van der Waals surface area (Å²) in [4.78, 5) is 12.7. The lowest BCUT2D eigenvalue weighted by Crippen LogP contribution is -2.37. The Morgan fingerprint density at radius 3 is 2.29 bits per heavy atom. The summed E-state index contributed by atoms with van der Waals surface area (Å²) in [5.41, 5.74) is 0. The van der Waals surface area contributed by atoms with Gasteiger partial charge >= 0.3 is 5.97 Å². The molecule has 11 atom stereocenters. The molecule has 0 saturated heterocycles. The second-order valence-corrected chi connectivity index (χ2v) is 11.7. The van der Waals surface area contributed by atoms with Crippen LogP contribution in [0.25, 0.3) is 0 Å². The molecule has 0 radical (unpaired) electrons. The van der Waals surface area contributed by atoms with E-state index in [1.54, 1.807) is 12.2 Å². The van der Waals surface area contributed by atoms with E-state index >= 15 is 0 Å². The largest absolute Gasteiger partial charge is 0.461 e. The molecule has 6 nitrogen and oxygen atoms in total. The number of rotatable bonds is 3. The molecule has 1 aliphatic rings. The summed E-state index contributed by atoms with van der Waals surface area (Å²) < 4.78 is 5.89. The molecule has 0 bridgehead atoms. The number of hydrogen-bond acceptors (Lipinski definition) is 6. The molecule has 0 fully saturated rings. The molecule has 6 heteroatoms. The molecule has 0 aliphatic carbocycles. The van der Waals surface area contributed by atoms with Crippen LogP contribution < -0.4 is 0 Å². The highest BCUT2D eigenvalue weighted by Crippen LogP contribution is 2.28. The van der Waals surface area contributed by atoms with Crippen LogP contribution in [-0.2, 0) is 9.53 Å². The molecule has 0 saturated carbocycles. The quantitative estimate of drug-likeness (QED) is 0.220. The molecule has 1 heterocycles. The van der Waals surface area contributed by atoms with Gasteiger partial charge in [0.15, 0.2) is 0 Å². The summed E-state index contributed by atoms with van der Waals surface area (Å²) in [5.74, 6) is -0.649. The zero-order chi connectivity index (χ0) is 28.8.